The van der Waals surface area contributed by atoms with Gasteiger partial charge in [0, 0.05) is 11.4 Å². The minimum absolute atomic E-state index is 0.0254. The van der Waals surface area contributed by atoms with Crippen molar-refractivity contribution in [3.8, 4) is 5.69 Å². The lowest BCUT2D eigenvalue weighted by atomic mass is 10.2. The van der Waals surface area contributed by atoms with E-state index in [1.807, 2.05) is 4.72 Å². The molecule has 0 aliphatic carbocycles. The number of amides is 2. The molecule has 0 saturated heterocycles. The molecule has 0 aliphatic rings. The number of thiophene rings is 1. The molecule has 0 unspecified atom stereocenters. The number of carbonyl (C=O) groups is 1. The fraction of sp³-hybridized carbons (Fsp3) is 0.0952. The highest BCUT2D eigenvalue weighted by Gasteiger charge is 2.26. The number of urea groups is 1. The summed E-state index contributed by atoms with van der Waals surface area (Å²) in [5, 5.41) is 4.72. The summed E-state index contributed by atoms with van der Waals surface area (Å²) in [6.07, 6.45) is -3.24. The molecule has 2 amide bonds. The number of anilines is 2. The lowest BCUT2D eigenvalue weighted by molar-refractivity contribution is -0.115. The smallest absolute Gasteiger partial charge is 0.376 e. The molecule has 0 atom stereocenters. The van der Waals surface area contributed by atoms with Gasteiger partial charge in [0.1, 0.15) is 17.1 Å². The maximum absolute atomic E-state index is 13.0. The van der Waals surface area contributed by atoms with Crippen molar-refractivity contribution in [2.45, 2.75) is 10.4 Å². The van der Waals surface area contributed by atoms with Crippen LogP contribution in [0.2, 0.25) is 9.36 Å². The van der Waals surface area contributed by atoms with Crippen LogP contribution in [0.25, 0.3) is 16.6 Å². The molecule has 0 bridgehead atoms. The number of carbonyl (C=O) groups excluding carboxylic acids is 1. The first-order chi connectivity index (χ1) is 17.3. The van der Waals surface area contributed by atoms with Crippen molar-refractivity contribution in [3.05, 3.63) is 74.6 Å². The molecule has 2 aromatic carbocycles. The molecule has 4 rings (SSSR count). The molecule has 37 heavy (non-hydrogen) atoms. The van der Waals surface area contributed by atoms with Crippen LogP contribution < -0.4 is 20.9 Å². The Labute approximate surface area is 220 Å². The van der Waals surface area contributed by atoms with E-state index in [1.54, 1.807) is 0 Å². The van der Waals surface area contributed by atoms with E-state index in [1.165, 1.54) is 48.5 Å². The standard InChI is InChI=1S/C21H14Cl2F3N5O4S2/c22-14-7-12(29-20(33)30-37(34,35)18-6-5-17(23)36-18)2-4-16(14)31-10-28-15-8-11(27-9-21(24,25)26)1-3-13(15)19(31)32/h1-8,10,27H,9H2,(H2,29,30,33). The number of nitrogens with zero attached hydrogens (tertiary/aromatic N) is 2. The Hall–Kier alpha value is -3.33. The van der Waals surface area contributed by atoms with Gasteiger partial charge in [0.25, 0.3) is 15.6 Å². The zero-order valence-electron chi connectivity index (χ0n) is 18.1. The predicted octanol–water partition coefficient (Wildman–Crippen LogP) is 5.24. The third kappa shape index (κ3) is 6.33. The van der Waals surface area contributed by atoms with Crippen LogP contribution in [0.4, 0.5) is 29.3 Å². The molecule has 0 spiro atoms. The first-order valence-electron chi connectivity index (χ1n) is 10.0. The van der Waals surface area contributed by atoms with E-state index in [0.717, 1.165) is 22.2 Å². The molecule has 2 heterocycles. The second kappa shape index (κ2) is 10.2. The Bertz CT molecular complexity index is 1670. The SMILES string of the molecule is O=C(Nc1ccc(-n2cnc3cc(NCC(F)(F)F)ccc3c2=O)c(Cl)c1)NS(=O)(=O)c1ccc(Cl)s1. The molecule has 9 nitrogen and oxygen atoms in total. The average Bonchev–Trinajstić information content (AvgIpc) is 3.25. The second-order valence-corrected chi connectivity index (χ2v) is 11.4. The van der Waals surface area contributed by atoms with Crippen LogP contribution in [-0.4, -0.2) is 36.7 Å². The Morgan fingerprint density at radius 3 is 2.43 bits per heavy atom. The number of hydrogen-bond donors (Lipinski definition) is 3. The summed E-state index contributed by atoms with van der Waals surface area (Å²) in [7, 11) is -4.14. The molecule has 4 aromatic rings. The number of nitrogens with one attached hydrogen (secondary N) is 3. The van der Waals surface area contributed by atoms with Gasteiger partial charge in [-0.15, -0.1) is 11.3 Å². The van der Waals surface area contributed by atoms with Crippen molar-refractivity contribution >= 4 is 72.9 Å². The van der Waals surface area contributed by atoms with Gasteiger partial charge >= 0.3 is 12.2 Å². The van der Waals surface area contributed by atoms with Gasteiger partial charge in [-0.2, -0.15) is 13.2 Å². The molecule has 0 saturated carbocycles. The van der Waals surface area contributed by atoms with E-state index < -0.39 is 34.3 Å². The number of alkyl halides is 3. The third-order valence-electron chi connectivity index (χ3n) is 4.76. The quantitative estimate of drug-likeness (QED) is 0.282. The first kappa shape index (κ1) is 26.7. The number of halogens is 5. The Balaban J connectivity index is 1.53. The molecule has 0 aliphatic heterocycles. The Morgan fingerprint density at radius 2 is 1.78 bits per heavy atom. The summed E-state index contributed by atoms with van der Waals surface area (Å²) in [6.45, 7) is -1.24. The van der Waals surface area contributed by atoms with E-state index in [0.29, 0.717) is 0 Å². The third-order valence-corrected chi connectivity index (χ3v) is 8.11. The van der Waals surface area contributed by atoms with Gasteiger partial charge in [-0.1, -0.05) is 23.2 Å². The van der Waals surface area contributed by atoms with Gasteiger partial charge in [0.05, 0.1) is 25.9 Å². The number of hydrogen-bond acceptors (Lipinski definition) is 7. The summed E-state index contributed by atoms with van der Waals surface area (Å²) in [5.41, 5.74) is 0.117. The summed E-state index contributed by atoms with van der Waals surface area (Å²) in [4.78, 5) is 29.3. The second-order valence-electron chi connectivity index (χ2n) is 7.40. The fourth-order valence-electron chi connectivity index (χ4n) is 3.16. The summed E-state index contributed by atoms with van der Waals surface area (Å²) >= 11 is 12.8. The molecule has 3 N–H and O–H groups in total. The normalized spacial score (nSPS) is 11.9. The monoisotopic (exact) mass is 591 g/mol. The van der Waals surface area contributed by atoms with Crippen LogP contribution in [0, 0.1) is 0 Å². The van der Waals surface area contributed by atoms with E-state index in [2.05, 4.69) is 15.6 Å². The zero-order valence-corrected chi connectivity index (χ0v) is 21.3. The predicted molar refractivity (Wildman–Crippen MR) is 136 cm³/mol. The Morgan fingerprint density at radius 1 is 1.05 bits per heavy atom. The topological polar surface area (TPSA) is 122 Å². The average molecular weight is 592 g/mol. The van der Waals surface area contributed by atoms with E-state index in [4.69, 9.17) is 23.2 Å². The van der Waals surface area contributed by atoms with Crippen molar-refractivity contribution in [3.63, 3.8) is 0 Å². The Kier molecular flexibility index (Phi) is 7.37. The van der Waals surface area contributed by atoms with Crippen molar-refractivity contribution in [1.82, 2.24) is 14.3 Å². The molecule has 2 aromatic heterocycles. The molecule has 194 valence electrons. The largest absolute Gasteiger partial charge is 0.405 e. The zero-order chi connectivity index (χ0) is 27.0. The van der Waals surface area contributed by atoms with Crippen molar-refractivity contribution in [2.24, 2.45) is 0 Å². The lowest BCUT2D eigenvalue weighted by Gasteiger charge is -2.12. The highest BCUT2D eigenvalue weighted by atomic mass is 35.5. The minimum Gasteiger partial charge on any atom is -0.376 e. The summed E-state index contributed by atoms with van der Waals surface area (Å²) < 4.78 is 64.9. The van der Waals surface area contributed by atoms with Gasteiger partial charge in [0.2, 0.25) is 0 Å². The van der Waals surface area contributed by atoms with Crippen LogP contribution >= 0.6 is 34.5 Å². The van der Waals surface area contributed by atoms with Crippen LogP contribution in [0.15, 0.2) is 63.9 Å². The van der Waals surface area contributed by atoms with E-state index >= 15 is 0 Å². The maximum Gasteiger partial charge on any atom is 0.405 e. The summed E-state index contributed by atoms with van der Waals surface area (Å²) in [5.74, 6) is 0. The van der Waals surface area contributed by atoms with Gasteiger partial charge in [-0.05, 0) is 48.5 Å². The van der Waals surface area contributed by atoms with Crippen molar-refractivity contribution in [2.75, 3.05) is 17.2 Å². The molecular formula is C21H14Cl2F3N5O4S2. The molecular weight excluding hydrogens is 578 g/mol. The number of aromatic nitrogens is 2. The van der Waals surface area contributed by atoms with Gasteiger partial charge in [-0.3, -0.25) is 9.36 Å². The highest BCUT2D eigenvalue weighted by Crippen LogP contribution is 2.27. The molecule has 0 radical (unpaired) electrons. The number of sulfonamides is 1. The van der Waals surface area contributed by atoms with Gasteiger partial charge in [0.15, 0.2) is 0 Å². The first-order valence-corrected chi connectivity index (χ1v) is 13.1. The van der Waals surface area contributed by atoms with Gasteiger partial charge in [-0.25, -0.2) is 22.9 Å². The van der Waals surface area contributed by atoms with E-state index in [-0.39, 0.29) is 41.5 Å². The van der Waals surface area contributed by atoms with Crippen LogP contribution in [0.5, 0.6) is 0 Å². The lowest BCUT2D eigenvalue weighted by Crippen LogP contribution is -2.33. The van der Waals surface area contributed by atoms with Crippen LogP contribution in [0.1, 0.15) is 0 Å². The number of rotatable bonds is 6. The van der Waals surface area contributed by atoms with E-state index in [9.17, 15) is 31.2 Å². The number of benzene rings is 2. The maximum atomic E-state index is 13.0. The van der Waals surface area contributed by atoms with Crippen molar-refractivity contribution < 1.29 is 26.4 Å². The summed E-state index contributed by atoms with van der Waals surface area (Å²) in [6, 6.07) is 9.66. The highest BCUT2D eigenvalue weighted by molar-refractivity contribution is 7.92. The van der Waals surface area contributed by atoms with Crippen LogP contribution in [-0.2, 0) is 10.0 Å². The molecule has 0 fully saturated rings. The van der Waals surface area contributed by atoms with Crippen molar-refractivity contribution in [1.29, 1.82) is 0 Å². The minimum atomic E-state index is -4.41. The molecule has 16 heteroatoms. The number of fused-ring (bicyclic) bond motifs is 1. The van der Waals surface area contributed by atoms with Crippen LogP contribution in [0.3, 0.4) is 0 Å². The van der Waals surface area contributed by atoms with Gasteiger partial charge < -0.3 is 10.6 Å². The fourth-order valence-corrected chi connectivity index (χ4v) is 5.82.